The van der Waals surface area contributed by atoms with Gasteiger partial charge in [-0.25, -0.2) is 19.6 Å². The Morgan fingerprint density at radius 1 is 0.282 bits per heavy atom. The third kappa shape index (κ3) is 33.5. The Balaban J connectivity index is 0.000000191. The van der Waals surface area contributed by atoms with E-state index in [2.05, 4.69) is 206 Å². The van der Waals surface area contributed by atoms with Gasteiger partial charge in [-0.15, -0.1) is 131 Å². The SMILES string of the molecule is CC(O)CC(C)O.CC(O)CC(C)O.COc1c[c-]c(-c2nc3c(nc2-c2ccc(OC)cc2)CCCC3)cc1.Cc1c[c-]c(-c2nc3c(nc2-c2ccc(C)cc2)CCCC3)cc1.O=C(O)c1ccccn1.O=C(O)c1ccccn1.[Ir].[Ir].[Ir].[Ir].[c-]1cc(-c2ccccc2)ccc1-c1nc2c(nc1-c1ccc(-c3ccccc3)cc1)CCCC2.[c-]1ccccc1-c1nc2c(nc1-c1ccccc1)CCCC2. The average molecular weight is 2610 g/mol. The predicted molar refractivity (Wildman–Crippen MR) is 545 cm³/mol. The summed E-state index contributed by atoms with van der Waals surface area (Å²) in [6, 6.07) is 106. The van der Waals surface area contributed by atoms with Crippen LogP contribution in [0, 0.1) is 38.1 Å². The standard InChI is InChI=1S/C32H25N2.C22H21N2O2.C22H21N2.C20H17N2.2C6H5NO2.2C5H12O2.4Ir/c1-3-9-23(10-4-1)25-15-19-27(20-16-25)31-32(34-30-14-8-7-13-29(30)33-31)28-21-17-26(18-22-28)24-11-5-2-6-12-24;1-25-17-11-7-15(8-12-17)21-22(16-9-13-18(26-2)14-10-16)24-20-6-4-3-5-19(20)23-21;1-15-7-11-17(12-8-15)21-22(18-13-9-16(2)10-14-18)24-20-6-4-3-5-19(20)23-21;1-3-9-15(10-4-1)19-20(16-11-5-2-6-12-16)22-18-14-8-7-13-17(18)21-19;2*8-6(9)5-3-1-2-4-7-5;2*1-4(6)3-5(2)7;;;;/h1-6,9-12,15-21H,7-8,13-14H2;7-9,11-14H,3-6H2,1-2H3;7-13H,3-6H2,1-2H3;1-6,9-11H,7-8,13-14H2;2*1-4H,(H,8,9);2*4-7H,3H2,1-2H3;;;;/q4*-1;;;;;;;;. The topological polar surface area (TPSA) is 303 Å². The maximum absolute atomic E-state index is 10.1. The van der Waals surface area contributed by atoms with E-state index in [1.165, 1.54) is 121 Å². The number of rotatable bonds is 18. The van der Waals surface area contributed by atoms with Crippen molar-refractivity contribution in [3.63, 3.8) is 0 Å². The molecule has 0 bridgehead atoms. The van der Waals surface area contributed by atoms with Crippen LogP contribution in [0.5, 0.6) is 11.5 Å². The molecule has 4 atom stereocenters. The number of methoxy groups -OCH3 is 2. The van der Waals surface area contributed by atoms with Crippen LogP contribution in [-0.2, 0) is 132 Å². The summed E-state index contributed by atoms with van der Waals surface area (Å²) in [5, 5.41) is 50.9. The molecule has 4 aliphatic rings. The summed E-state index contributed by atoms with van der Waals surface area (Å²) in [5.41, 5.74) is 32.5. The van der Waals surface area contributed by atoms with E-state index >= 15 is 0 Å². The van der Waals surface area contributed by atoms with Gasteiger partial charge in [0.05, 0.1) is 107 Å². The van der Waals surface area contributed by atoms with E-state index in [1.807, 2.05) is 84.9 Å². The van der Waals surface area contributed by atoms with Gasteiger partial charge in [0.2, 0.25) is 0 Å². The van der Waals surface area contributed by atoms with Gasteiger partial charge in [0.1, 0.15) is 17.1 Å². The average Bonchev–Trinajstić information content (AvgIpc) is 0.789. The van der Waals surface area contributed by atoms with Crippen molar-refractivity contribution in [3.05, 3.63) is 384 Å². The van der Waals surface area contributed by atoms with Gasteiger partial charge >= 0.3 is 11.9 Å². The quantitative estimate of drug-likeness (QED) is 0.0435. The number of ether oxygens (including phenoxy) is 2. The monoisotopic (exact) mass is 2610 g/mol. The number of nitrogens with zero attached hydrogens (tertiary/aromatic N) is 10. The number of aliphatic hydroxyl groups excluding tert-OH is 4. The molecule has 0 saturated heterocycles. The molecule has 4 unspecified atom stereocenters. The van der Waals surface area contributed by atoms with Crippen molar-refractivity contribution < 1.29 is 130 Å². The molecule has 20 nitrogen and oxygen atoms in total. The number of aromatic carboxylic acids is 2. The molecule has 0 saturated carbocycles. The molecule has 20 rings (SSSR count). The van der Waals surface area contributed by atoms with Crippen LogP contribution in [0.3, 0.4) is 0 Å². The van der Waals surface area contributed by atoms with E-state index in [1.54, 1.807) is 66.2 Å². The number of benzene rings is 10. The second kappa shape index (κ2) is 58.4. The largest absolute Gasteiger partial charge is 0.540 e. The van der Waals surface area contributed by atoms with Crippen molar-refractivity contribution in [2.24, 2.45) is 0 Å². The smallest absolute Gasteiger partial charge is 0.354 e. The fraction of sp³-hybridized carbons (Fsp3) is 0.254. The van der Waals surface area contributed by atoms with Gasteiger partial charge in [-0.05, 0) is 232 Å². The molecular formula is C118H118Ir4N10O10-4. The fourth-order valence-electron chi connectivity index (χ4n) is 16.2. The first-order valence-electron chi connectivity index (χ1n) is 47.2. The normalized spacial score (nSPS) is 12.9. The van der Waals surface area contributed by atoms with Crippen LogP contribution in [0.1, 0.15) is 170 Å². The molecule has 16 aromatic rings. The van der Waals surface area contributed by atoms with Gasteiger partial charge in [0, 0.05) is 121 Å². The Morgan fingerprint density at radius 2 is 0.549 bits per heavy atom. The molecule has 24 heteroatoms. The fourth-order valence-corrected chi connectivity index (χ4v) is 16.2. The van der Waals surface area contributed by atoms with Crippen LogP contribution in [0.2, 0.25) is 0 Å². The van der Waals surface area contributed by atoms with Gasteiger partial charge in [0.15, 0.2) is 0 Å². The molecule has 0 amide bonds. The van der Waals surface area contributed by atoms with Crippen molar-refractivity contribution in [2.45, 2.75) is 182 Å². The number of fused-ring (bicyclic) bond motifs is 4. The number of aliphatic hydroxyl groups is 4. The van der Waals surface area contributed by atoms with E-state index in [4.69, 9.17) is 80.0 Å². The Kier molecular flexibility index (Phi) is 46.6. The number of hydrogen-bond acceptors (Lipinski definition) is 18. The molecule has 0 aliphatic heterocycles. The Labute approximate surface area is 887 Å². The number of carboxylic acid groups (broad SMARTS) is 2. The molecule has 142 heavy (non-hydrogen) atoms. The minimum absolute atomic E-state index is 0. The maximum Gasteiger partial charge on any atom is 0.354 e. The minimum atomic E-state index is -0.990. The predicted octanol–water partition coefficient (Wildman–Crippen LogP) is 23.8. The zero-order chi connectivity index (χ0) is 97.1. The Hall–Kier alpha value is -12.2. The molecule has 4 radical (unpaired) electrons. The zero-order valence-corrected chi connectivity index (χ0v) is 90.5. The van der Waals surface area contributed by atoms with Gasteiger partial charge in [-0.3, -0.25) is 39.9 Å². The third-order valence-corrected chi connectivity index (χ3v) is 23.3. The molecule has 6 heterocycles. The van der Waals surface area contributed by atoms with Crippen LogP contribution in [0.25, 0.3) is 112 Å². The summed E-state index contributed by atoms with van der Waals surface area (Å²) in [7, 11) is 3.33. The van der Waals surface area contributed by atoms with E-state index in [9.17, 15) is 9.59 Å². The molecule has 6 aromatic heterocycles. The molecule has 10 aromatic carbocycles. The van der Waals surface area contributed by atoms with E-state index in [0.29, 0.717) is 12.8 Å². The van der Waals surface area contributed by atoms with Crippen molar-refractivity contribution in [3.8, 4) is 124 Å². The molecule has 740 valence electrons. The number of aryl methyl sites for hydroxylation is 10. The molecule has 0 spiro atoms. The summed E-state index contributed by atoms with van der Waals surface area (Å²) in [6.07, 6.45) is 20.1. The number of hydrogen-bond donors (Lipinski definition) is 6. The zero-order valence-electron chi connectivity index (χ0n) is 80.9. The summed E-state index contributed by atoms with van der Waals surface area (Å²) in [6.45, 7) is 10.8. The Bertz CT molecular complexity index is 6130. The second-order valence-electron chi connectivity index (χ2n) is 34.5. The van der Waals surface area contributed by atoms with Crippen molar-refractivity contribution >= 4 is 11.9 Å². The summed E-state index contributed by atoms with van der Waals surface area (Å²) >= 11 is 0. The number of carboxylic acids is 2. The molecular weight excluding hydrogens is 2490 g/mol. The molecule has 6 N–H and O–H groups in total. The first kappa shape index (κ1) is 113. The summed E-state index contributed by atoms with van der Waals surface area (Å²) < 4.78 is 10.5. The van der Waals surface area contributed by atoms with Crippen molar-refractivity contribution in [2.75, 3.05) is 14.2 Å². The van der Waals surface area contributed by atoms with E-state index in [-0.39, 0.29) is 116 Å². The van der Waals surface area contributed by atoms with Crippen molar-refractivity contribution in [1.82, 2.24) is 49.8 Å². The maximum atomic E-state index is 10.1. The molecule has 0 fully saturated rings. The number of aromatic nitrogens is 10. The summed E-state index contributed by atoms with van der Waals surface area (Å²) in [4.78, 5) is 67.7. The number of pyridine rings is 2. The van der Waals surface area contributed by atoms with Gasteiger partial charge in [-0.2, -0.15) is 0 Å². The summed E-state index contributed by atoms with van der Waals surface area (Å²) in [5.74, 6) is -0.367. The Morgan fingerprint density at radius 3 is 0.838 bits per heavy atom. The first-order chi connectivity index (χ1) is 67.1. The van der Waals surface area contributed by atoms with E-state index in [0.717, 1.165) is 187 Å². The molecule has 4 aliphatic carbocycles. The van der Waals surface area contributed by atoms with Crippen molar-refractivity contribution in [1.29, 1.82) is 0 Å². The second-order valence-corrected chi connectivity index (χ2v) is 34.5. The van der Waals surface area contributed by atoms with Crippen LogP contribution >= 0.6 is 0 Å². The number of carbonyl (C=O) groups is 2. The first-order valence-corrected chi connectivity index (χ1v) is 47.2. The van der Waals surface area contributed by atoms with Gasteiger partial charge in [-0.1, -0.05) is 175 Å². The van der Waals surface area contributed by atoms with Crippen LogP contribution in [0.15, 0.2) is 291 Å². The van der Waals surface area contributed by atoms with Crippen LogP contribution in [-0.4, -0.2) is 131 Å². The van der Waals surface area contributed by atoms with E-state index < -0.39 is 11.9 Å². The van der Waals surface area contributed by atoms with Crippen LogP contribution in [0.4, 0.5) is 0 Å². The third-order valence-electron chi connectivity index (χ3n) is 23.3. The minimum Gasteiger partial charge on any atom is -0.540 e. The van der Waals surface area contributed by atoms with Crippen LogP contribution < -0.4 is 9.47 Å². The van der Waals surface area contributed by atoms with Gasteiger partial charge in [0.25, 0.3) is 0 Å². The van der Waals surface area contributed by atoms with Gasteiger partial charge < -0.3 is 40.1 Å².